The van der Waals surface area contributed by atoms with Gasteiger partial charge in [0, 0.05) is 15.8 Å². The second-order valence-electron chi connectivity index (χ2n) is 3.81. The minimum Gasteiger partial charge on any atom is -0.208 e. The van der Waals surface area contributed by atoms with Crippen molar-refractivity contribution in [2.75, 3.05) is 5.33 Å². The Kier molecular flexibility index (Phi) is 6.12. The van der Waals surface area contributed by atoms with Crippen LogP contribution in [0.3, 0.4) is 0 Å². The molecule has 0 heterocycles. The maximum absolute atomic E-state index is 12.0. The van der Waals surface area contributed by atoms with Crippen molar-refractivity contribution in [2.45, 2.75) is 30.7 Å². The van der Waals surface area contributed by atoms with E-state index in [-0.39, 0.29) is 6.04 Å². The van der Waals surface area contributed by atoms with Gasteiger partial charge in [0.05, 0.1) is 4.90 Å². The Morgan fingerprint density at radius 1 is 1.29 bits per heavy atom. The SMILES string of the molecule is CC(CCCBr)NS(=O)(=O)c1ccc(Br)cc1. The standard InChI is InChI=1S/C11H15Br2NO2S/c1-9(3-2-8-12)14-17(15,16)11-6-4-10(13)5-7-11/h4-7,9,14H,2-3,8H2,1H3. The van der Waals surface area contributed by atoms with Gasteiger partial charge in [-0.05, 0) is 44.0 Å². The van der Waals surface area contributed by atoms with E-state index in [0.717, 1.165) is 22.6 Å². The average molecular weight is 385 g/mol. The van der Waals surface area contributed by atoms with E-state index in [1.807, 2.05) is 6.92 Å². The number of halogens is 2. The molecule has 0 aliphatic rings. The van der Waals surface area contributed by atoms with E-state index >= 15 is 0 Å². The second kappa shape index (κ2) is 6.87. The lowest BCUT2D eigenvalue weighted by Gasteiger charge is -2.13. The van der Waals surface area contributed by atoms with Gasteiger partial charge in [-0.1, -0.05) is 31.9 Å². The minimum absolute atomic E-state index is 0.0544. The zero-order valence-electron chi connectivity index (χ0n) is 9.49. The fraction of sp³-hybridized carbons (Fsp3) is 0.455. The Morgan fingerprint density at radius 3 is 2.41 bits per heavy atom. The molecule has 1 N–H and O–H groups in total. The number of benzene rings is 1. The maximum atomic E-state index is 12.0. The van der Waals surface area contributed by atoms with Gasteiger partial charge in [0.2, 0.25) is 10.0 Å². The first-order chi connectivity index (χ1) is 7.95. The van der Waals surface area contributed by atoms with Gasteiger partial charge in [0.25, 0.3) is 0 Å². The fourth-order valence-electron chi connectivity index (χ4n) is 1.39. The number of nitrogens with one attached hydrogen (secondary N) is 1. The maximum Gasteiger partial charge on any atom is 0.240 e. The molecule has 0 bridgehead atoms. The van der Waals surface area contributed by atoms with E-state index in [0.29, 0.717) is 4.90 Å². The Balaban J connectivity index is 2.71. The lowest BCUT2D eigenvalue weighted by atomic mass is 10.2. The van der Waals surface area contributed by atoms with Gasteiger partial charge in [-0.2, -0.15) is 0 Å². The van der Waals surface area contributed by atoms with Crippen molar-refractivity contribution >= 4 is 41.9 Å². The normalized spacial score (nSPS) is 13.6. The highest BCUT2D eigenvalue weighted by molar-refractivity contribution is 9.10. The van der Waals surface area contributed by atoms with Crippen LogP contribution in [0, 0.1) is 0 Å². The summed E-state index contributed by atoms with van der Waals surface area (Å²) in [5.41, 5.74) is 0. The molecule has 0 spiro atoms. The third-order valence-corrected chi connectivity index (χ3v) is 4.95. The Morgan fingerprint density at radius 2 is 1.88 bits per heavy atom. The smallest absolute Gasteiger partial charge is 0.208 e. The predicted octanol–water partition coefficient (Wildman–Crippen LogP) is 3.29. The van der Waals surface area contributed by atoms with Gasteiger partial charge in [-0.3, -0.25) is 0 Å². The fourth-order valence-corrected chi connectivity index (χ4v) is 3.26. The molecule has 0 amide bonds. The van der Waals surface area contributed by atoms with Crippen molar-refractivity contribution in [1.29, 1.82) is 0 Å². The first-order valence-corrected chi connectivity index (χ1v) is 8.69. The Bertz CT molecular complexity index is 445. The highest BCUT2D eigenvalue weighted by Gasteiger charge is 2.16. The quantitative estimate of drug-likeness (QED) is 0.765. The minimum atomic E-state index is -3.39. The van der Waals surface area contributed by atoms with Gasteiger partial charge in [-0.25, -0.2) is 13.1 Å². The molecule has 1 rings (SSSR count). The monoisotopic (exact) mass is 383 g/mol. The van der Waals surface area contributed by atoms with E-state index in [2.05, 4.69) is 36.6 Å². The van der Waals surface area contributed by atoms with E-state index in [9.17, 15) is 8.42 Å². The van der Waals surface area contributed by atoms with Crippen molar-refractivity contribution in [3.63, 3.8) is 0 Å². The molecule has 1 atom stereocenters. The summed E-state index contributed by atoms with van der Waals surface area (Å²) in [5.74, 6) is 0. The lowest BCUT2D eigenvalue weighted by Crippen LogP contribution is -2.32. The summed E-state index contributed by atoms with van der Waals surface area (Å²) in [4.78, 5) is 0.298. The average Bonchev–Trinajstić information content (AvgIpc) is 2.26. The summed E-state index contributed by atoms with van der Waals surface area (Å²) in [7, 11) is -3.39. The van der Waals surface area contributed by atoms with Crippen LogP contribution in [-0.4, -0.2) is 19.8 Å². The van der Waals surface area contributed by atoms with Crippen LogP contribution in [0.2, 0.25) is 0 Å². The first kappa shape index (κ1) is 15.1. The van der Waals surface area contributed by atoms with Gasteiger partial charge in [0.15, 0.2) is 0 Å². The molecule has 0 aliphatic heterocycles. The number of sulfonamides is 1. The number of rotatable bonds is 6. The number of hydrogen-bond acceptors (Lipinski definition) is 2. The topological polar surface area (TPSA) is 46.2 Å². The van der Waals surface area contributed by atoms with Gasteiger partial charge < -0.3 is 0 Å². The third-order valence-electron chi connectivity index (χ3n) is 2.25. The molecule has 0 saturated carbocycles. The van der Waals surface area contributed by atoms with Crippen LogP contribution < -0.4 is 4.72 Å². The Labute approximate surface area is 119 Å². The van der Waals surface area contributed by atoms with Gasteiger partial charge >= 0.3 is 0 Å². The van der Waals surface area contributed by atoms with Crippen LogP contribution in [0.15, 0.2) is 33.6 Å². The van der Waals surface area contributed by atoms with Crippen molar-refractivity contribution in [3.05, 3.63) is 28.7 Å². The summed E-state index contributed by atoms with van der Waals surface area (Å²) < 4.78 is 27.5. The molecule has 96 valence electrons. The van der Waals surface area contributed by atoms with Crippen molar-refractivity contribution in [2.24, 2.45) is 0 Å². The van der Waals surface area contributed by atoms with E-state index in [1.165, 1.54) is 0 Å². The predicted molar refractivity (Wildman–Crippen MR) is 77.0 cm³/mol. The molecule has 1 unspecified atom stereocenters. The molecule has 0 saturated heterocycles. The molecule has 0 radical (unpaired) electrons. The van der Waals surface area contributed by atoms with Crippen LogP contribution in [0.5, 0.6) is 0 Å². The number of hydrogen-bond donors (Lipinski definition) is 1. The zero-order valence-corrected chi connectivity index (χ0v) is 13.5. The van der Waals surface area contributed by atoms with Crippen LogP contribution in [0.25, 0.3) is 0 Å². The van der Waals surface area contributed by atoms with Crippen molar-refractivity contribution in [1.82, 2.24) is 4.72 Å². The van der Waals surface area contributed by atoms with Crippen LogP contribution >= 0.6 is 31.9 Å². The molecule has 1 aromatic rings. The zero-order chi connectivity index (χ0) is 12.9. The summed E-state index contributed by atoms with van der Waals surface area (Å²) in [6.07, 6.45) is 1.77. The van der Waals surface area contributed by atoms with E-state index < -0.39 is 10.0 Å². The molecule has 0 aliphatic carbocycles. The van der Waals surface area contributed by atoms with E-state index in [4.69, 9.17) is 0 Å². The Hall–Kier alpha value is 0.0900. The molecule has 6 heteroatoms. The van der Waals surface area contributed by atoms with Crippen molar-refractivity contribution < 1.29 is 8.42 Å². The molecule has 17 heavy (non-hydrogen) atoms. The first-order valence-electron chi connectivity index (χ1n) is 5.29. The summed E-state index contributed by atoms with van der Waals surface area (Å²) >= 11 is 6.60. The highest BCUT2D eigenvalue weighted by atomic mass is 79.9. The second-order valence-corrected chi connectivity index (χ2v) is 7.23. The van der Waals surface area contributed by atoms with Crippen LogP contribution in [-0.2, 0) is 10.0 Å². The summed E-state index contributed by atoms with van der Waals surface area (Å²) in [5, 5.41) is 0.886. The summed E-state index contributed by atoms with van der Waals surface area (Å²) in [6.45, 7) is 1.87. The molecular weight excluding hydrogens is 370 g/mol. The largest absolute Gasteiger partial charge is 0.240 e. The van der Waals surface area contributed by atoms with Crippen molar-refractivity contribution in [3.8, 4) is 0 Å². The highest BCUT2D eigenvalue weighted by Crippen LogP contribution is 2.15. The molecular formula is C11H15Br2NO2S. The third kappa shape index (κ3) is 5.07. The van der Waals surface area contributed by atoms with E-state index in [1.54, 1.807) is 24.3 Å². The molecule has 0 fully saturated rings. The van der Waals surface area contributed by atoms with Crippen LogP contribution in [0.1, 0.15) is 19.8 Å². The molecule has 0 aromatic heterocycles. The summed E-state index contributed by atoms with van der Waals surface area (Å²) in [6, 6.07) is 6.56. The number of alkyl halides is 1. The lowest BCUT2D eigenvalue weighted by molar-refractivity contribution is 0.545. The van der Waals surface area contributed by atoms with Gasteiger partial charge in [0.1, 0.15) is 0 Å². The van der Waals surface area contributed by atoms with Gasteiger partial charge in [-0.15, -0.1) is 0 Å². The molecule has 1 aromatic carbocycles. The molecule has 3 nitrogen and oxygen atoms in total. The van der Waals surface area contributed by atoms with Crippen LogP contribution in [0.4, 0.5) is 0 Å².